The van der Waals surface area contributed by atoms with E-state index in [1.165, 1.54) is 76.6 Å². The Morgan fingerprint density at radius 1 is 0.462 bits per heavy atom. The molecule has 23 N–H and O–H groups in total. The van der Waals surface area contributed by atoms with Gasteiger partial charge in [0.15, 0.2) is 6.61 Å². The van der Waals surface area contributed by atoms with Crippen LogP contribution >= 0.6 is 35.3 Å². The Balaban J connectivity index is 1.52. The number of amides is 19. The number of nitrogens with two attached hydrogens (primary N) is 2. The van der Waals surface area contributed by atoms with Gasteiger partial charge >= 0.3 is 11.9 Å². The van der Waals surface area contributed by atoms with Gasteiger partial charge in [0, 0.05) is 76.2 Å². The first kappa shape index (κ1) is 117. The number of carbonyl (C=O) groups is 21. The minimum absolute atomic E-state index is 0.0569. The highest BCUT2D eigenvalue weighted by molar-refractivity contribution is 8.00. The van der Waals surface area contributed by atoms with E-state index in [4.69, 9.17) is 16.2 Å². The van der Waals surface area contributed by atoms with Crippen LogP contribution in [0.3, 0.4) is 0 Å². The molecule has 143 heavy (non-hydrogen) atoms. The number of rotatable bonds is 33. The second kappa shape index (κ2) is 59.5. The lowest BCUT2D eigenvalue weighted by atomic mass is 9.98. The van der Waals surface area contributed by atoms with Gasteiger partial charge in [0.2, 0.25) is 112 Å². The maximum Gasteiger partial charge on any atom is 0.341 e. The van der Waals surface area contributed by atoms with Crippen molar-refractivity contribution >= 4 is 159 Å². The Kier molecular flexibility index (Phi) is 48.8. The molecule has 4 aromatic carbocycles. The Bertz CT molecular complexity index is 5280. The van der Waals surface area contributed by atoms with Crippen LogP contribution in [-0.2, 0) is 126 Å². The zero-order valence-corrected chi connectivity index (χ0v) is 83.5. The van der Waals surface area contributed by atoms with Gasteiger partial charge in [-0.05, 0) is 102 Å². The van der Waals surface area contributed by atoms with Crippen LogP contribution in [0.2, 0.25) is 0 Å². The Morgan fingerprint density at radius 2 is 0.874 bits per heavy atom. The second-order valence-electron chi connectivity index (χ2n) is 35.1. The molecular weight excluding hydrogens is 1920 g/mol. The molecule has 19 amide bonds. The van der Waals surface area contributed by atoms with Crippen LogP contribution in [0.4, 0.5) is 0 Å². The van der Waals surface area contributed by atoms with E-state index in [1.807, 2.05) is 30.3 Å². The summed E-state index contributed by atoms with van der Waals surface area (Å²) in [7, 11) is 1.24. The Hall–Kier alpha value is -14.3. The molecule has 1 aromatic heterocycles. The van der Waals surface area contributed by atoms with Gasteiger partial charge < -0.3 is 121 Å². The summed E-state index contributed by atoms with van der Waals surface area (Å²) in [5, 5.41) is 71.0. The quantitative estimate of drug-likeness (QED) is 0.0147. The van der Waals surface area contributed by atoms with E-state index >= 15 is 33.6 Å². The van der Waals surface area contributed by atoms with Gasteiger partial charge in [-0.15, -0.1) is 35.3 Å². The number of carbonyl (C=O) groups excluding carboxylic acids is 19. The minimum Gasteiger partial charge on any atom is -0.482 e. The molecule has 48 heteroatoms. The van der Waals surface area contributed by atoms with Gasteiger partial charge in [0.25, 0.3) is 0 Å². The molecule has 1 saturated heterocycles. The van der Waals surface area contributed by atoms with Gasteiger partial charge in [-0.2, -0.15) is 0 Å². The zero-order valence-electron chi connectivity index (χ0n) is 81.1. The largest absolute Gasteiger partial charge is 0.482 e. The van der Waals surface area contributed by atoms with Gasteiger partial charge in [-0.3, -0.25) is 101 Å². The van der Waals surface area contributed by atoms with Crippen LogP contribution < -0.4 is 101 Å². The molecule has 45 nitrogen and oxygen atoms in total. The number of hydrogen-bond acceptors (Lipinski definition) is 27. The van der Waals surface area contributed by atoms with Crippen molar-refractivity contribution in [1.29, 1.82) is 0 Å². The normalized spacial score (nSPS) is 22.2. The van der Waals surface area contributed by atoms with Crippen molar-refractivity contribution in [2.45, 2.75) is 205 Å². The average Bonchev–Trinajstić information content (AvgIpc) is 0.795. The predicted octanol–water partition coefficient (Wildman–Crippen LogP) is -2.97. The fraction of sp³-hybridized carbons (Fsp3) is 0.474. The number of carboxylic acids is 2. The number of likely N-dealkylation sites (N-methyl/N-ethyl adjacent to an activating group) is 1. The first-order valence-electron chi connectivity index (χ1n) is 45.8. The van der Waals surface area contributed by atoms with Crippen molar-refractivity contribution in [3.8, 4) is 16.9 Å². The lowest BCUT2D eigenvalue weighted by Crippen LogP contribution is -2.62. The van der Waals surface area contributed by atoms with Crippen LogP contribution in [0.5, 0.6) is 5.75 Å². The van der Waals surface area contributed by atoms with Crippen LogP contribution in [0.15, 0.2) is 128 Å². The van der Waals surface area contributed by atoms with Crippen molar-refractivity contribution < 1.29 is 121 Å². The number of aryl methyl sites for hydroxylation is 1. The van der Waals surface area contributed by atoms with Crippen molar-refractivity contribution in [1.82, 2.24) is 95.0 Å². The molecule has 6 rings (SSSR count). The standard InChI is InChI=1S/C95H128N20O25S3/c1-50(2)32-64-84(128)108-70(39-76(96)119)89(133)104-65(33-51(3)4)85(129)112-75(46-143-49-101-56(10)118)94(138)110-72(42-116)92(136)111-73(83(127)99-41-77(97)120)44-141-47-78(121)102-66(35-58-22-26-63(27-23-58)140-43-80(124)125)86(130)105-67(37-59-28-30-98-31-29-59)87(131)109-71(40-79(122)123)90(134)106-69(38-60-17-15-16-53(7)34-60)88(132)113-74(45-142-48-100-55(9)117)93(137)107-68(36-57-20-24-62(25-21-57)61-18-13-12-14-19-61)91(135)114-81(52(5)6)95(139)115(11)54(8)82(126)103-64/h12-31,34,50-52,54,64-75,81,116H,32-33,35-49H2,1-11H3,(H2,96,119)(H2,97,120)(H,99,127)(H,100,117)(H,101,118)(H,102,121)(H,103,126)(H,104,133)(H,105,130)(H,106,134)(H,107,137)(H,108,128)(H,109,131)(H,110,138)(H,111,136)(H,112,129)(H,113,132)(H,114,135)(H,122,123)(H,124,125)/t54-,64+,65-,66-,67-,68-,69-,70-,71-,72-,73?,74-,75-,81-/m0/s1. The van der Waals surface area contributed by atoms with E-state index in [1.54, 1.807) is 97.0 Å². The lowest BCUT2D eigenvalue weighted by molar-refractivity contribution is -0.143. The third-order valence-electron chi connectivity index (χ3n) is 21.8. The second-order valence-corrected chi connectivity index (χ2v) is 38.2. The van der Waals surface area contributed by atoms with E-state index in [0.717, 1.165) is 39.6 Å². The summed E-state index contributed by atoms with van der Waals surface area (Å²) in [5.74, 6) is -26.8. The number of carboxylic acid groups (broad SMARTS) is 2. The van der Waals surface area contributed by atoms with Gasteiger partial charge in [-0.25, -0.2) is 4.79 Å². The highest BCUT2D eigenvalue weighted by atomic mass is 32.2. The van der Waals surface area contributed by atoms with Crippen molar-refractivity contribution in [3.63, 3.8) is 0 Å². The molecule has 2 heterocycles. The predicted molar refractivity (Wildman–Crippen MR) is 528 cm³/mol. The number of aliphatic hydroxyl groups excluding tert-OH is 1. The number of thioether (sulfide) groups is 3. The summed E-state index contributed by atoms with van der Waals surface area (Å²) in [5.41, 5.74) is 14.7. The number of nitrogens with one attached hydrogen (secondary N) is 16. The summed E-state index contributed by atoms with van der Waals surface area (Å²) < 4.78 is 5.30. The summed E-state index contributed by atoms with van der Waals surface area (Å²) in [4.78, 5) is 302. The molecule has 0 radical (unpaired) electrons. The monoisotopic (exact) mass is 2040 g/mol. The molecule has 776 valence electrons. The molecule has 0 bridgehead atoms. The van der Waals surface area contributed by atoms with Crippen LogP contribution in [-0.4, -0.2) is 296 Å². The number of hydrogen-bond donors (Lipinski definition) is 21. The number of benzene rings is 4. The molecule has 1 unspecified atom stereocenters. The molecule has 0 saturated carbocycles. The van der Waals surface area contributed by atoms with E-state index in [0.29, 0.717) is 34.0 Å². The molecule has 0 spiro atoms. The van der Waals surface area contributed by atoms with Crippen molar-refractivity contribution in [2.24, 2.45) is 29.2 Å². The number of pyridine rings is 1. The highest BCUT2D eigenvalue weighted by Gasteiger charge is 2.41. The molecule has 5 aromatic rings. The van der Waals surface area contributed by atoms with Gasteiger partial charge in [0.1, 0.15) is 90.3 Å². The van der Waals surface area contributed by atoms with E-state index < -0.39 is 296 Å². The Labute approximate surface area is 838 Å². The van der Waals surface area contributed by atoms with Gasteiger partial charge in [-0.1, -0.05) is 138 Å². The first-order valence-corrected chi connectivity index (χ1v) is 49.3. The van der Waals surface area contributed by atoms with Crippen molar-refractivity contribution in [3.05, 3.63) is 155 Å². The number of primary amides is 2. The Morgan fingerprint density at radius 3 is 1.34 bits per heavy atom. The maximum absolute atomic E-state index is 15.4. The first-order chi connectivity index (χ1) is 67.7. The highest BCUT2D eigenvalue weighted by Crippen LogP contribution is 2.23. The van der Waals surface area contributed by atoms with Crippen molar-refractivity contribution in [2.75, 3.05) is 61.6 Å². The van der Waals surface area contributed by atoms with E-state index in [9.17, 15) is 82.4 Å². The van der Waals surface area contributed by atoms with E-state index in [-0.39, 0.29) is 48.1 Å². The lowest BCUT2D eigenvalue weighted by Gasteiger charge is -2.33. The summed E-state index contributed by atoms with van der Waals surface area (Å²) >= 11 is 2.43. The van der Waals surface area contributed by atoms with Crippen LogP contribution in [0, 0.1) is 24.7 Å². The molecule has 0 aliphatic carbocycles. The third-order valence-corrected chi connectivity index (χ3v) is 24.7. The third kappa shape index (κ3) is 41.8. The number of aliphatic carboxylic acids is 2. The summed E-state index contributed by atoms with van der Waals surface area (Å²) in [6.07, 6.45) is -1.39. The maximum atomic E-state index is 15.4. The topological polar surface area (TPSA) is 689 Å². The minimum atomic E-state index is -2.12. The summed E-state index contributed by atoms with van der Waals surface area (Å²) in [6.45, 7) is 12.5. The smallest absolute Gasteiger partial charge is 0.341 e. The fourth-order valence-corrected chi connectivity index (χ4v) is 16.9. The fourth-order valence-electron chi connectivity index (χ4n) is 14.2. The van der Waals surface area contributed by atoms with E-state index in [2.05, 4.69) is 90.1 Å². The SMILES string of the molecule is CC(=O)NCSC[C@@H]1NC(=O)[C@H](CC(C)C)NC(=O)[C@H](CC(N)=O)NC(=O)[C@@H](CC(C)C)NC(=O)[C@H](C)N(C)C(=O)[C@H](C(C)C)NC(=O)[C@H](Cc2ccc(-c3ccccc3)cc2)NC(=O)[C@H](CSCNC(C)=O)NC(=O)[C@H](Cc2cccc(C)c2)NC(=O)[C@H](CC(=O)O)NC(=O)[C@H](Cc2ccncc2)NC(=O)[C@H](Cc2ccc(OCC(=O)O)cc2)NC(=O)CSCC(C(=O)NCC(N)=O)NC(=O)[C@H](CO)NC1=O. The number of nitrogens with zero attached hydrogens (tertiary/aromatic N) is 2. The molecule has 1 fully saturated rings. The molecule has 1 aliphatic heterocycles. The number of aromatic nitrogens is 1. The van der Waals surface area contributed by atoms with Gasteiger partial charge in [0.05, 0.1) is 43.5 Å². The van der Waals surface area contributed by atoms with Crippen LogP contribution in [0.1, 0.15) is 116 Å². The average molecular weight is 2050 g/mol. The molecular formula is C95H128N20O25S3. The number of ether oxygens (including phenoxy) is 1. The molecule has 1 aliphatic rings. The summed E-state index contributed by atoms with van der Waals surface area (Å²) in [6, 6.07) is 6.74. The number of aliphatic hydroxyl groups is 1. The molecule has 14 atom stereocenters. The zero-order chi connectivity index (χ0) is 106. The van der Waals surface area contributed by atoms with Crippen LogP contribution in [0.25, 0.3) is 11.1 Å².